The lowest BCUT2D eigenvalue weighted by molar-refractivity contribution is 0.0600. The van der Waals surface area contributed by atoms with Crippen LogP contribution in [-0.2, 0) is 11.3 Å². The number of nitrogens with zero attached hydrogens (tertiary/aromatic N) is 2. The van der Waals surface area contributed by atoms with E-state index in [9.17, 15) is 9.59 Å². The Kier molecular flexibility index (Phi) is 6.64. The molecule has 0 aliphatic rings. The first-order chi connectivity index (χ1) is 17.5. The second kappa shape index (κ2) is 10.2. The van der Waals surface area contributed by atoms with Crippen LogP contribution < -0.4 is 5.32 Å². The summed E-state index contributed by atoms with van der Waals surface area (Å²) >= 11 is 1.61. The SMILES string of the molecule is COC(=O)c1ccc([C@H](C)NC(=O)c2cccc3ccn(Cc4cccc(-c5nccs5)c4)c23)cc1. The number of methoxy groups -OCH3 is 1. The maximum absolute atomic E-state index is 13.4. The van der Waals surface area contributed by atoms with Gasteiger partial charge in [0.2, 0.25) is 0 Å². The van der Waals surface area contributed by atoms with E-state index in [0.717, 1.165) is 32.6 Å². The Hall–Kier alpha value is -4.23. The van der Waals surface area contributed by atoms with Crippen LogP contribution in [0.1, 0.15) is 44.8 Å². The lowest BCUT2D eigenvalue weighted by Crippen LogP contribution is -2.27. The number of nitrogens with one attached hydrogen (secondary N) is 1. The average Bonchev–Trinajstić information content (AvgIpc) is 3.59. The Morgan fingerprint density at radius 2 is 1.86 bits per heavy atom. The molecule has 0 unspecified atom stereocenters. The van der Waals surface area contributed by atoms with E-state index < -0.39 is 0 Å². The molecule has 1 N–H and O–H groups in total. The normalized spacial score (nSPS) is 11.8. The van der Waals surface area contributed by atoms with Crippen molar-refractivity contribution in [1.29, 1.82) is 0 Å². The molecule has 6 nitrogen and oxygen atoms in total. The highest BCUT2D eigenvalue weighted by molar-refractivity contribution is 7.13. The number of ether oxygens (including phenoxy) is 1. The third-order valence-corrected chi connectivity index (χ3v) is 6.99. The van der Waals surface area contributed by atoms with E-state index in [4.69, 9.17) is 4.74 Å². The molecule has 0 spiro atoms. The standard InChI is InChI=1S/C29H25N3O3S/c1-19(21-9-11-23(12-10-21)29(34)35-2)31-27(33)25-8-4-6-22-13-15-32(26(22)25)18-20-5-3-7-24(17-20)28-30-14-16-36-28/h3-17,19H,18H2,1-2H3,(H,31,33)/t19-/m0/s1. The van der Waals surface area contributed by atoms with Gasteiger partial charge in [0.15, 0.2) is 0 Å². The number of carbonyl (C=O) groups excluding carboxylic acids is 2. The van der Waals surface area contributed by atoms with Crippen LogP contribution in [0.15, 0.2) is 90.6 Å². The summed E-state index contributed by atoms with van der Waals surface area (Å²) in [6, 6.07) is 23.0. The lowest BCUT2D eigenvalue weighted by atomic mass is 10.0. The van der Waals surface area contributed by atoms with Crippen molar-refractivity contribution in [3.8, 4) is 10.6 Å². The van der Waals surface area contributed by atoms with Crippen molar-refractivity contribution in [2.45, 2.75) is 19.5 Å². The molecule has 0 bridgehead atoms. The minimum absolute atomic E-state index is 0.151. The van der Waals surface area contributed by atoms with Crippen molar-refractivity contribution in [2.75, 3.05) is 7.11 Å². The van der Waals surface area contributed by atoms with Crippen molar-refractivity contribution >= 4 is 34.1 Å². The first-order valence-electron chi connectivity index (χ1n) is 11.6. The molecule has 5 aromatic rings. The largest absolute Gasteiger partial charge is 0.465 e. The number of amides is 1. The van der Waals surface area contributed by atoms with E-state index in [-0.39, 0.29) is 17.9 Å². The van der Waals surface area contributed by atoms with Crippen molar-refractivity contribution in [1.82, 2.24) is 14.9 Å². The van der Waals surface area contributed by atoms with Gasteiger partial charge in [-0.05, 0) is 48.4 Å². The van der Waals surface area contributed by atoms with Gasteiger partial charge in [0, 0.05) is 35.3 Å². The summed E-state index contributed by atoms with van der Waals surface area (Å²) in [6.07, 6.45) is 3.83. The number of fused-ring (bicyclic) bond motifs is 1. The van der Waals surface area contributed by atoms with Crippen LogP contribution in [0.4, 0.5) is 0 Å². The third kappa shape index (κ3) is 4.78. The highest BCUT2D eigenvalue weighted by atomic mass is 32.1. The summed E-state index contributed by atoms with van der Waals surface area (Å²) in [5.74, 6) is -0.538. The maximum atomic E-state index is 13.4. The number of thiazole rings is 1. The van der Waals surface area contributed by atoms with E-state index in [2.05, 4.69) is 33.1 Å². The third-order valence-electron chi connectivity index (χ3n) is 6.17. The average molecular weight is 496 g/mol. The quantitative estimate of drug-likeness (QED) is 0.277. The van der Waals surface area contributed by atoms with E-state index >= 15 is 0 Å². The number of rotatable bonds is 7. The Morgan fingerprint density at radius 3 is 2.61 bits per heavy atom. The topological polar surface area (TPSA) is 73.2 Å². The Labute approximate surface area is 213 Å². The van der Waals surface area contributed by atoms with Gasteiger partial charge >= 0.3 is 5.97 Å². The van der Waals surface area contributed by atoms with Crippen LogP contribution in [-0.4, -0.2) is 28.5 Å². The summed E-state index contributed by atoms with van der Waals surface area (Å²) in [7, 11) is 1.35. The first-order valence-corrected chi connectivity index (χ1v) is 12.5. The molecule has 1 amide bonds. The van der Waals surface area contributed by atoms with Gasteiger partial charge in [-0.1, -0.05) is 42.5 Å². The van der Waals surface area contributed by atoms with Gasteiger partial charge in [-0.25, -0.2) is 9.78 Å². The molecule has 1 atom stereocenters. The molecular weight excluding hydrogens is 470 g/mol. The van der Waals surface area contributed by atoms with Crippen LogP contribution in [0.2, 0.25) is 0 Å². The molecule has 0 aliphatic carbocycles. The molecule has 0 aliphatic heterocycles. The van der Waals surface area contributed by atoms with Crippen LogP contribution in [0.25, 0.3) is 21.5 Å². The molecule has 7 heteroatoms. The fourth-order valence-electron chi connectivity index (χ4n) is 4.33. The van der Waals surface area contributed by atoms with Crippen LogP contribution in [0.5, 0.6) is 0 Å². The maximum Gasteiger partial charge on any atom is 0.337 e. The molecule has 0 radical (unpaired) electrons. The molecular formula is C29H25N3O3S. The predicted octanol–water partition coefficient (Wildman–Crippen LogP) is 6.09. The van der Waals surface area contributed by atoms with Gasteiger partial charge in [0.25, 0.3) is 5.91 Å². The fourth-order valence-corrected chi connectivity index (χ4v) is 4.96. The van der Waals surface area contributed by atoms with E-state index in [1.807, 2.05) is 67.2 Å². The van der Waals surface area contributed by atoms with Gasteiger partial charge in [-0.2, -0.15) is 0 Å². The number of para-hydroxylation sites is 1. The van der Waals surface area contributed by atoms with Crippen LogP contribution >= 0.6 is 11.3 Å². The number of esters is 1. The molecule has 36 heavy (non-hydrogen) atoms. The summed E-state index contributed by atoms with van der Waals surface area (Å²) < 4.78 is 6.87. The number of benzene rings is 3. The second-order valence-corrected chi connectivity index (χ2v) is 9.43. The molecule has 2 heterocycles. The molecule has 180 valence electrons. The monoisotopic (exact) mass is 495 g/mol. The minimum atomic E-state index is -0.386. The summed E-state index contributed by atoms with van der Waals surface area (Å²) in [6.45, 7) is 2.56. The van der Waals surface area contributed by atoms with E-state index in [0.29, 0.717) is 17.7 Å². The second-order valence-electron chi connectivity index (χ2n) is 8.53. The van der Waals surface area contributed by atoms with E-state index in [1.54, 1.807) is 23.5 Å². The molecule has 0 fully saturated rings. The van der Waals surface area contributed by atoms with Crippen LogP contribution in [0, 0.1) is 0 Å². The number of hydrogen-bond donors (Lipinski definition) is 1. The highest BCUT2D eigenvalue weighted by Gasteiger charge is 2.17. The van der Waals surface area contributed by atoms with Crippen molar-refractivity contribution in [2.24, 2.45) is 0 Å². The smallest absolute Gasteiger partial charge is 0.337 e. The number of hydrogen-bond acceptors (Lipinski definition) is 5. The zero-order chi connectivity index (χ0) is 25.1. The van der Waals surface area contributed by atoms with Gasteiger partial charge in [0.1, 0.15) is 5.01 Å². The Bertz CT molecular complexity index is 1520. The molecule has 0 saturated carbocycles. The van der Waals surface area contributed by atoms with Gasteiger partial charge in [-0.3, -0.25) is 4.79 Å². The van der Waals surface area contributed by atoms with E-state index in [1.165, 1.54) is 7.11 Å². The predicted molar refractivity (Wildman–Crippen MR) is 142 cm³/mol. The lowest BCUT2D eigenvalue weighted by Gasteiger charge is -2.16. The molecule has 0 saturated heterocycles. The zero-order valence-electron chi connectivity index (χ0n) is 20.0. The number of aromatic nitrogens is 2. The molecule has 5 rings (SSSR count). The Morgan fingerprint density at radius 1 is 1.06 bits per heavy atom. The van der Waals surface area contributed by atoms with Gasteiger partial charge < -0.3 is 14.6 Å². The fraction of sp³-hybridized carbons (Fsp3) is 0.138. The zero-order valence-corrected chi connectivity index (χ0v) is 20.8. The van der Waals surface area contributed by atoms with Crippen molar-refractivity contribution in [3.63, 3.8) is 0 Å². The number of carbonyl (C=O) groups is 2. The summed E-state index contributed by atoms with van der Waals surface area (Å²) in [4.78, 5) is 29.5. The minimum Gasteiger partial charge on any atom is -0.465 e. The van der Waals surface area contributed by atoms with Gasteiger partial charge in [0.05, 0.1) is 29.8 Å². The molecule has 2 aromatic heterocycles. The highest BCUT2D eigenvalue weighted by Crippen LogP contribution is 2.26. The summed E-state index contributed by atoms with van der Waals surface area (Å²) in [5, 5.41) is 7.07. The van der Waals surface area contributed by atoms with Gasteiger partial charge in [-0.15, -0.1) is 11.3 Å². The summed E-state index contributed by atoms with van der Waals surface area (Å²) in [5.41, 5.74) is 5.10. The first kappa shape index (κ1) is 23.5. The van der Waals surface area contributed by atoms with Crippen LogP contribution in [0.3, 0.4) is 0 Å². The van der Waals surface area contributed by atoms with Crippen molar-refractivity contribution in [3.05, 3.63) is 113 Å². The molecule has 3 aromatic carbocycles. The van der Waals surface area contributed by atoms with Crippen molar-refractivity contribution < 1.29 is 14.3 Å². The Balaban J connectivity index is 1.39.